The van der Waals surface area contributed by atoms with Crippen molar-refractivity contribution in [2.75, 3.05) is 20.3 Å². The first-order valence-electron chi connectivity index (χ1n) is 6.31. The first kappa shape index (κ1) is 14.4. The van der Waals surface area contributed by atoms with E-state index in [1.165, 1.54) is 11.3 Å². The normalized spacial score (nSPS) is 10.1. The smallest absolute Gasteiger partial charge is 0.261 e. The maximum absolute atomic E-state index is 11.8. The van der Waals surface area contributed by atoms with Gasteiger partial charge in [-0.15, -0.1) is 11.3 Å². The molecule has 0 radical (unpaired) electrons. The minimum atomic E-state index is -0.0632. The van der Waals surface area contributed by atoms with Gasteiger partial charge in [0.05, 0.1) is 18.5 Å². The van der Waals surface area contributed by atoms with E-state index in [1.807, 2.05) is 43.3 Å². The number of amides is 1. The molecule has 2 aromatic rings. The Hall–Kier alpha value is -2.01. The van der Waals surface area contributed by atoms with Crippen LogP contribution in [0.5, 0.6) is 11.5 Å². The molecular formula is C15H17NO3S. The molecule has 0 atom stereocenters. The Labute approximate surface area is 122 Å². The summed E-state index contributed by atoms with van der Waals surface area (Å²) >= 11 is 1.48. The second kappa shape index (κ2) is 6.96. The number of nitrogens with one attached hydrogen (secondary N) is 1. The lowest BCUT2D eigenvalue weighted by Crippen LogP contribution is -2.27. The van der Waals surface area contributed by atoms with Crippen LogP contribution in [0.2, 0.25) is 0 Å². The zero-order valence-corrected chi connectivity index (χ0v) is 12.3. The SMILES string of the molecule is COc1ccccc1OCCNC(=O)c1ccc(C)s1. The summed E-state index contributed by atoms with van der Waals surface area (Å²) in [4.78, 5) is 13.7. The zero-order valence-electron chi connectivity index (χ0n) is 11.5. The summed E-state index contributed by atoms with van der Waals surface area (Å²) in [7, 11) is 1.60. The Kier molecular flexibility index (Phi) is 5.01. The van der Waals surface area contributed by atoms with Gasteiger partial charge in [-0.05, 0) is 31.2 Å². The van der Waals surface area contributed by atoms with Crippen molar-refractivity contribution in [1.29, 1.82) is 0 Å². The van der Waals surface area contributed by atoms with E-state index in [0.29, 0.717) is 24.7 Å². The van der Waals surface area contributed by atoms with Crippen LogP contribution in [0.4, 0.5) is 0 Å². The lowest BCUT2D eigenvalue weighted by atomic mass is 10.3. The summed E-state index contributed by atoms with van der Waals surface area (Å²) in [6.07, 6.45) is 0. The molecule has 106 valence electrons. The fourth-order valence-electron chi connectivity index (χ4n) is 1.71. The summed E-state index contributed by atoms with van der Waals surface area (Å²) in [6, 6.07) is 11.2. The summed E-state index contributed by atoms with van der Waals surface area (Å²) < 4.78 is 10.8. The molecule has 0 saturated heterocycles. The number of rotatable bonds is 6. The Morgan fingerprint density at radius 1 is 1.20 bits per heavy atom. The molecule has 0 bridgehead atoms. The van der Waals surface area contributed by atoms with E-state index in [0.717, 1.165) is 9.75 Å². The Balaban J connectivity index is 1.78. The predicted octanol–water partition coefficient (Wildman–Crippen LogP) is 2.87. The number of aryl methyl sites for hydroxylation is 1. The van der Waals surface area contributed by atoms with E-state index in [2.05, 4.69) is 5.32 Å². The summed E-state index contributed by atoms with van der Waals surface area (Å²) in [5, 5.41) is 2.83. The second-order valence-electron chi connectivity index (χ2n) is 4.17. The highest BCUT2D eigenvalue weighted by molar-refractivity contribution is 7.13. The van der Waals surface area contributed by atoms with Crippen LogP contribution in [-0.4, -0.2) is 26.2 Å². The number of carbonyl (C=O) groups is 1. The van der Waals surface area contributed by atoms with E-state index in [1.54, 1.807) is 7.11 Å². The van der Waals surface area contributed by atoms with Gasteiger partial charge in [-0.2, -0.15) is 0 Å². The van der Waals surface area contributed by atoms with Gasteiger partial charge in [0, 0.05) is 4.88 Å². The molecule has 0 aliphatic heterocycles. The summed E-state index contributed by atoms with van der Waals surface area (Å²) in [5.74, 6) is 1.30. The summed E-state index contributed by atoms with van der Waals surface area (Å²) in [6.45, 7) is 2.83. The third kappa shape index (κ3) is 3.74. The molecule has 0 fully saturated rings. The molecule has 0 unspecified atom stereocenters. The van der Waals surface area contributed by atoms with Gasteiger partial charge in [0.15, 0.2) is 11.5 Å². The number of methoxy groups -OCH3 is 1. The standard InChI is InChI=1S/C15H17NO3S/c1-11-7-8-14(20-11)15(17)16-9-10-19-13-6-4-3-5-12(13)18-2/h3-8H,9-10H2,1-2H3,(H,16,17). The van der Waals surface area contributed by atoms with Gasteiger partial charge >= 0.3 is 0 Å². The number of carbonyl (C=O) groups excluding carboxylic acids is 1. The molecule has 0 saturated carbocycles. The van der Waals surface area contributed by atoms with Gasteiger partial charge in [0.2, 0.25) is 0 Å². The molecule has 5 heteroatoms. The van der Waals surface area contributed by atoms with Crippen LogP contribution >= 0.6 is 11.3 Å². The van der Waals surface area contributed by atoms with Crippen LogP contribution in [0.25, 0.3) is 0 Å². The third-order valence-electron chi connectivity index (χ3n) is 2.68. The topological polar surface area (TPSA) is 47.6 Å². The van der Waals surface area contributed by atoms with E-state index in [-0.39, 0.29) is 5.91 Å². The van der Waals surface area contributed by atoms with Gasteiger partial charge < -0.3 is 14.8 Å². The second-order valence-corrected chi connectivity index (χ2v) is 5.45. The average Bonchev–Trinajstić information content (AvgIpc) is 2.90. The Morgan fingerprint density at radius 2 is 1.95 bits per heavy atom. The van der Waals surface area contributed by atoms with Crippen molar-refractivity contribution in [2.24, 2.45) is 0 Å². The Morgan fingerprint density at radius 3 is 2.60 bits per heavy atom. The summed E-state index contributed by atoms with van der Waals surface area (Å²) in [5.41, 5.74) is 0. The van der Waals surface area contributed by atoms with Gasteiger partial charge in [-0.25, -0.2) is 0 Å². The third-order valence-corrected chi connectivity index (χ3v) is 3.68. The molecule has 1 aromatic heterocycles. The van der Waals surface area contributed by atoms with Gasteiger partial charge in [-0.3, -0.25) is 4.79 Å². The van der Waals surface area contributed by atoms with Crippen LogP contribution in [0.3, 0.4) is 0 Å². The number of para-hydroxylation sites is 2. The first-order chi connectivity index (χ1) is 9.70. The van der Waals surface area contributed by atoms with Crippen molar-refractivity contribution in [1.82, 2.24) is 5.32 Å². The molecule has 0 aliphatic rings. The van der Waals surface area contributed by atoms with Crippen molar-refractivity contribution < 1.29 is 14.3 Å². The fourth-order valence-corrected chi connectivity index (χ4v) is 2.49. The highest BCUT2D eigenvalue weighted by Crippen LogP contribution is 2.25. The van der Waals surface area contributed by atoms with Gasteiger partial charge in [-0.1, -0.05) is 12.1 Å². The van der Waals surface area contributed by atoms with E-state index in [9.17, 15) is 4.79 Å². The number of hydrogen-bond acceptors (Lipinski definition) is 4. The number of benzene rings is 1. The highest BCUT2D eigenvalue weighted by atomic mass is 32.1. The fraction of sp³-hybridized carbons (Fsp3) is 0.267. The molecule has 1 amide bonds. The molecule has 20 heavy (non-hydrogen) atoms. The van der Waals surface area contributed by atoms with Crippen molar-refractivity contribution in [3.8, 4) is 11.5 Å². The van der Waals surface area contributed by atoms with Crippen LogP contribution in [0.15, 0.2) is 36.4 Å². The van der Waals surface area contributed by atoms with Crippen molar-refractivity contribution >= 4 is 17.2 Å². The van der Waals surface area contributed by atoms with E-state index >= 15 is 0 Å². The van der Waals surface area contributed by atoms with Crippen molar-refractivity contribution in [3.05, 3.63) is 46.2 Å². The number of thiophene rings is 1. The molecule has 4 nitrogen and oxygen atoms in total. The van der Waals surface area contributed by atoms with Crippen molar-refractivity contribution in [3.63, 3.8) is 0 Å². The van der Waals surface area contributed by atoms with Gasteiger partial charge in [0.1, 0.15) is 6.61 Å². The minimum absolute atomic E-state index is 0.0632. The van der Waals surface area contributed by atoms with Gasteiger partial charge in [0.25, 0.3) is 5.91 Å². The molecule has 2 rings (SSSR count). The molecule has 1 heterocycles. The zero-order chi connectivity index (χ0) is 14.4. The van der Waals surface area contributed by atoms with Crippen LogP contribution in [0.1, 0.15) is 14.5 Å². The van der Waals surface area contributed by atoms with E-state index in [4.69, 9.17) is 9.47 Å². The largest absolute Gasteiger partial charge is 0.493 e. The molecule has 1 N–H and O–H groups in total. The van der Waals surface area contributed by atoms with Crippen LogP contribution < -0.4 is 14.8 Å². The van der Waals surface area contributed by atoms with Crippen LogP contribution in [0, 0.1) is 6.92 Å². The predicted molar refractivity (Wildman–Crippen MR) is 79.9 cm³/mol. The first-order valence-corrected chi connectivity index (χ1v) is 7.13. The maximum Gasteiger partial charge on any atom is 0.261 e. The molecule has 1 aromatic carbocycles. The Bertz CT molecular complexity index is 580. The molecule has 0 spiro atoms. The molecular weight excluding hydrogens is 274 g/mol. The highest BCUT2D eigenvalue weighted by Gasteiger charge is 2.07. The lowest BCUT2D eigenvalue weighted by molar-refractivity contribution is 0.0951. The number of ether oxygens (including phenoxy) is 2. The lowest BCUT2D eigenvalue weighted by Gasteiger charge is -2.10. The van der Waals surface area contributed by atoms with Crippen LogP contribution in [-0.2, 0) is 0 Å². The minimum Gasteiger partial charge on any atom is -0.493 e. The quantitative estimate of drug-likeness (QED) is 0.833. The van der Waals surface area contributed by atoms with Crippen molar-refractivity contribution in [2.45, 2.75) is 6.92 Å². The maximum atomic E-state index is 11.8. The monoisotopic (exact) mass is 291 g/mol. The number of hydrogen-bond donors (Lipinski definition) is 1. The average molecular weight is 291 g/mol. The van der Waals surface area contributed by atoms with E-state index < -0.39 is 0 Å². The molecule has 0 aliphatic carbocycles.